The fourth-order valence-corrected chi connectivity index (χ4v) is 5.54. The maximum Gasteiger partial charge on any atom is 0.271 e. The lowest BCUT2D eigenvalue weighted by molar-refractivity contribution is 0.102. The summed E-state index contributed by atoms with van der Waals surface area (Å²) in [5.41, 5.74) is 2.90. The predicted octanol–water partition coefficient (Wildman–Crippen LogP) is 4.50. The van der Waals surface area contributed by atoms with Gasteiger partial charge in [0.2, 0.25) is 0 Å². The van der Waals surface area contributed by atoms with Gasteiger partial charge in [-0.15, -0.1) is 0 Å². The molecule has 1 amide bonds. The van der Waals surface area contributed by atoms with Gasteiger partial charge < -0.3 is 20.5 Å². The van der Waals surface area contributed by atoms with E-state index in [1.807, 2.05) is 12.1 Å². The quantitative estimate of drug-likeness (QED) is 0.455. The van der Waals surface area contributed by atoms with Crippen LogP contribution in [0.4, 0.5) is 11.5 Å². The molecule has 1 aromatic carbocycles. The Kier molecular flexibility index (Phi) is 7.41. The van der Waals surface area contributed by atoms with Crippen LogP contribution in [0.1, 0.15) is 60.4 Å². The molecule has 1 aliphatic carbocycles. The van der Waals surface area contributed by atoms with Crippen LogP contribution >= 0.6 is 0 Å². The molecule has 3 N–H and O–H groups in total. The standard InChI is InChI=1S/C28H34N6O2/c1-29-26-17-30-16-25(32-26)23-14-24(28(36)31-15-23)33-27(35)21-9-7-20(8-10-21)22-6-4-5-19(13-22)18-34-11-2-3-12-34/h7-10,14-17,19,22H,2-6,11-13,18H2,1H3,(H,29,32)(H,31,36)(H,33,35). The van der Waals surface area contributed by atoms with Crippen molar-refractivity contribution in [2.75, 3.05) is 37.3 Å². The summed E-state index contributed by atoms with van der Waals surface area (Å²) in [7, 11) is 1.76. The molecule has 2 fully saturated rings. The third-order valence-electron chi connectivity index (χ3n) is 7.48. The Morgan fingerprint density at radius 2 is 1.92 bits per heavy atom. The number of hydrogen-bond acceptors (Lipinski definition) is 6. The number of nitrogens with zero attached hydrogens (tertiary/aromatic N) is 3. The van der Waals surface area contributed by atoms with Crippen LogP contribution in [-0.2, 0) is 0 Å². The van der Waals surface area contributed by atoms with Crippen LogP contribution in [-0.4, -0.2) is 52.4 Å². The molecule has 0 spiro atoms. The van der Waals surface area contributed by atoms with Crippen molar-refractivity contribution in [2.45, 2.75) is 44.4 Å². The van der Waals surface area contributed by atoms with E-state index in [2.05, 4.69) is 42.6 Å². The highest BCUT2D eigenvalue weighted by Crippen LogP contribution is 2.37. The van der Waals surface area contributed by atoms with Gasteiger partial charge in [-0.25, -0.2) is 4.98 Å². The van der Waals surface area contributed by atoms with Crippen LogP contribution in [0.2, 0.25) is 0 Å². The van der Waals surface area contributed by atoms with E-state index in [1.54, 1.807) is 31.7 Å². The van der Waals surface area contributed by atoms with Gasteiger partial charge in [0.1, 0.15) is 11.5 Å². The largest absolute Gasteiger partial charge is 0.372 e. The van der Waals surface area contributed by atoms with Crippen LogP contribution < -0.4 is 16.2 Å². The first kappa shape index (κ1) is 24.2. The highest BCUT2D eigenvalue weighted by atomic mass is 16.2. The van der Waals surface area contributed by atoms with E-state index in [0.29, 0.717) is 28.6 Å². The third-order valence-corrected chi connectivity index (χ3v) is 7.48. The summed E-state index contributed by atoms with van der Waals surface area (Å²) in [6.45, 7) is 3.74. The number of likely N-dealkylation sites (tertiary alicyclic amines) is 1. The normalized spacial score (nSPS) is 20.2. The number of anilines is 2. The molecule has 3 aromatic rings. The van der Waals surface area contributed by atoms with Gasteiger partial charge in [-0.2, -0.15) is 0 Å². The zero-order valence-electron chi connectivity index (χ0n) is 20.8. The van der Waals surface area contributed by atoms with Crippen LogP contribution in [0, 0.1) is 5.92 Å². The number of aromatic nitrogens is 3. The molecular weight excluding hydrogens is 452 g/mol. The number of amides is 1. The van der Waals surface area contributed by atoms with Crippen molar-refractivity contribution in [3.63, 3.8) is 0 Å². The van der Waals surface area contributed by atoms with Crippen molar-refractivity contribution < 1.29 is 4.79 Å². The van der Waals surface area contributed by atoms with E-state index < -0.39 is 0 Å². The maximum atomic E-state index is 12.9. The van der Waals surface area contributed by atoms with Gasteiger partial charge in [0.05, 0.1) is 18.1 Å². The molecule has 1 saturated heterocycles. The van der Waals surface area contributed by atoms with Crippen molar-refractivity contribution in [2.24, 2.45) is 5.92 Å². The summed E-state index contributed by atoms with van der Waals surface area (Å²) >= 11 is 0. The van der Waals surface area contributed by atoms with Gasteiger partial charge in [0, 0.05) is 30.9 Å². The van der Waals surface area contributed by atoms with Crippen molar-refractivity contribution >= 4 is 17.4 Å². The Morgan fingerprint density at radius 3 is 2.69 bits per heavy atom. The molecule has 0 bridgehead atoms. The minimum Gasteiger partial charge on any atom is -0.372 e. The highest BCUT2D eigenvalue weighted by molar-refractivity contribution is 6.04. The fourth-order valence-electron chi connectivity index (χ4n) is 5.54. The zero-order valence-corrected chi connectivity index (χ0v) is 20.8. The van der Waals surface area contributed by atoms with E-state index in [0.717, 1.165) is 5.92 Å². The van der Waals surface area contributed by atoms with E-state index in [4.69, 9.17) is 0 Å². The summed E-state index contributed by atoms with van der Waals surface area (Å²) in [6, 6.07) is 9.52. The number of hydrogen-bond donors (Lipinski definition) is 3. The van der Waals surface area contributed by atoms with E-state index >= 15 is 0 Å². The smallest absolute Gasteiger partial charge is 0.271 e. The maximum absolute atomic E-state index is 12.9. The number of nitrogens with one attached hydrogen (secondary N) is 3. The van der Waals surface area contributed by atoms with Crippen LogP contribution in [0.3, 0.4) is 0 Å². The molecular formula is C28H34N6O2. The van der Waals surface area contributed by atoms with Gasteiger partial charge in [0.25, 0.3) is 11.5 Å². The summed E-state index contributed by atoms with van der Waals surface area (Å²) < 4.78 is 0. The molecule has 8 nitrogen and oxygen atoms in total. The summed E-state index contributed by atoms with van der Waals surface area (Å²) in [4.78, 5) is 39.2. The minimum atomic E-state index is -0.368. The van der Waals surface area contributed by atoms with Crippen LogP contribution in [0.15, 0.2) is 53.7 Å². The first-order valence-corrected chi connectivity index (χ1v) is 13.0. The van der Waals surface area contributed by atoms with Gasteiger partial charge >= 0.3 is 0 Å². The topological polar surface area (TPSA) is 103 Å². The molecule has 1 saturated carbocycles. The lowest BCUT2D eigenvalue weighted by atomic mass is 9.77. The second-order valence-corrected chi connectivity index (χ2v) is 9.98. The molecule has 2 aliphatic rings. The van der Waals surface area contributed by atoms with Gasteiger partial charge in [-0.3, -0.25) is 14.6 Å². The number of aromatic amines is 1. The Labute approximate surface area is 211 Å². The van der Waals surface area contributed by atoms with Crippen LogP contribution in [0.5, 0.6) is 0 Å². The van der Waals surface area contributed by atoms with Crippen molar-refractivity contribution in [1.29, 1.82) is 0 Å². The number of carbonyl (C=O) groups is 1. The molecule has 2 atom stereocenters. The molecule has 2 aromatic heterocycles. The average molecular weight is 487 g/mol. The van der Waals surface area contributed by atoms with E-state index in [9.17, 15) is 9.59 Å². The molecule has 0 radical (unpaired) electrons. The number of pyridine rings is 1. The van der Waals surface area contributed by atoms with Crippen LogP contribution in [0.25, 0.3) is 11.3 Å². The number of benzene rings is 1. The lowest BCUT2D eigenvalue weighted by Gasteiger charge is -2.32. The molecule has 36 heavy (non-hydrogen) atoms. The zero-order chi connectivity index (χ0) is 24.9. The number of rotatable bonds is 7. The first-order chi connectivity index (χ1) is 17.6. The molecule has 8 heteroatoms. The SMILES string of the molecule is CNc1cncc(-c2c[nH]c(=O)c(NC(=O)c3ccc(C4CCCC(CN5CCCC5)C4)cc3)c2)n1. The number of carbonyl (C=O) groups excluding carboxylic acids is 1. The fraction of sp³-hybridized carbons (Fsp3) is 0.429. The first-order valence-electron chi connectivity index (χ1n) is 13.0. The van der Waals surface area contributed by atoms with E-state index in [1.165, 1.54) is 63.7 Å². The molecule has 1 aliphatic heterocycles. The van der Waals surface area contributed by atoms with Crippen molar-refractivity contribution in [1.82, 2.24) is 19.9 Å². The minimum absolute atomic E-state index is 0.176. The van der Waals surface area contributed by atoms with Crippen molar-refractivity contribution in [3.8, 4) is 11.3 Å². The molecule has 5 rings (SSSR count). The molecule has 3 heterocycles. The van der Waals surface area contributed by atoms with Gasteiger partial charge in [0.15, 0.2) is 0 Å². The predicted molar refractivity (Wildman–Crippen MR) is 142 cm³/mol. The highest BCUT2D eigenvalue weighted by Gasteiger charge is 2.26. The third kappa shape index (κ3) is 5.65. The number of H-pyrrole nitrogens is 1. The summed E-state index contributed by atoms with van der Waals surface area (Å²) in [5, 5.41) is 5.71. The van der Waals surface area contributed by atoms with Gasteiger partial charge in [-0.1, -0.05) is 18.6 Å². The lowest BCUT2D eigenvalue weighted by Crippen LogP contribution is -2.29. The summed E-state index contributed by atoms with van der Waals surface area (Å²) in [6.07, 6.45) is 12.5. The van der Waals surface area contributed by atoms with Gasteiger partial charge in [-0.05, 0) is 80.8 Å². The Morgan fingerprint density at radius 1 is 1.11 bits per heavy atom. The monoisotopic (exact) mass is 486 g/mol. The molecule has 2 unspecified atom stereocenters. The van der Waals surface area contributed by atoms with Crippen molar-refractivity contribution in [3.05, 3.63) is 70.4 Å². The second-order valence-electron chi connectivity index (χ2n) is 9.98. The Hall–Kier alpha value is -3.52. The average Bonchev–Trinajstić information content (AvgIpc) is 3.43. The second kappa shape index (κ2) is 11.0. The molecule has 188 valence electrons. The van der Waals surface area contributed by atoms with E-state index in [-0.39, 0.29) is 17.2 Å². The Bertz CT molecular complexity index is 1250. The Balaban J connectivity index is 1.25. The summed E-state index contributed by atoms with van der Waals surface area (Å²) in [5.74, 6) is 1.62.